The Hall–Kier alpha value is -1.65. The first-order valence-electron chi connectivity index (χ1n) is 6.41. The molecule has 2 aromatic rings. The van der Waals surface area contributed by atoms with Gasteiger partial charge in [-0.1, -0.05) is 13.8 Å². The maximum absolute atomic E-state index is 4.55. The summed E-state index contributed by atoms with van der Waals surface area (Å²) in [5.74, 6) is 2.33. The third kappa shape index (κ3) is 2.60. The van der Waals surface area contributed by atoms with Gasteiger partial charge >= 0.3 is 0 Å². The summed E-state index contributed by atoms with van der Waals surface area (Å²) in [6, 6.07) is 2.13. The standard InChI is InChI=1S/C13H21N5/c1-8(2)6-12-14-13(16-15-12)11(5)18-10(4)7-9(3)17-18/h7-8,11H,6H2,1-5H3,(H,14,15,16). The smallest absolute Gasteiger partial charge is 0.174 e. The topological polar surface area (TPSA) is 59.4 Å². The number of hydrogen-bond donors (Lipinski definition) is 1. The molecule has 0 spiro atoms. The number of aromatic nitrogens is 5. The molecule has 0 aromatic carbocycles. The average molecular weight is 247 g/mol. The van der Waals surface area contributed by atoms with Gasteiger partial charge < -0.3 is 0 Å². The lowest BCUT2D eigenvalue weighted by molar-refractivity contribution is 0.521. The van der Waals surface area contributed by atoms with Crippen LogP contribution in [0.5, 0.6) is 0 Å². The zero-order chi connectivity index (χ0) is 13.3. The molecule has 0 aliphatic heterocycles. The molecule has 5 heteroatoms. The molecule has 1 unspecified atom stereocenters. The molecule has 1 N–H and O–H groups in total. The predicted molar refractivity (Wildman–Crippen MR) is 70.4 cm³/mol. The molecule has 0 aliphatic carbocycles. The second kappa shape index (κ2) is 4.92. The highest BCUT2D eigenvalue weighted by Crippen LogP contribution is 2.16. The third-order valence-electron chi connectivity index (χ3n) is 2.94. The van der Waals surface area contributed by atoms with E-state index in [0.29, 0.717) is 5.92 Å². The molecule has 2 rings (SSSR count). The van der Waals surface area contributed by atoms with Crippen LogP contribution < -0.4 is 0 Å². The van der Waals surface area contributed by atoms with Crippen molar-refractivity contribution in [3.8, 4) is 0 Å². The van der Waals surface area contributed by atoms with Crippen LogP contribution in [0.25, 0.3) is 0 Å². The summed E-state index contributed by atoms with van der Waals surface area (Å²) in [5, 5.41) is 11.8. The molecule has 98 valence electrons. The maximum atomic E-state index is 4.55. The van der Waals surface area contributed by atoms with Gasteiger partial charge in [-0.3, -0.25) is 9.78 Å². The molecule has 1 atom stereocenters. The number of nitrogens with zero attached hydrogens (tertiary/aromatic N) is 4. The summed E-state index contributed by atoms with van der Waals surface area (Å²) in [7, 11) is 0. The molecule has 5 nitrogen and oxygen atoms in total. The minimum atomic E-state index is 0.0656. The first-order chi connectivity index (χ1) is 8.47. The van der Waals surface area contributed by atoms with E-state index in [0.717, 1.165) is 29.5 Å². The van der Waals surface area contributed by atoms with Gasteiger partial charge in [0.05, 0.1) is 5.69 Å². The van der Waals surface area contributed by atoms with Crippen LogP contribution in [-0.4, -0.2) is 25.0 Å². The van der Waals surface area contributed by atoms with Crippen molar-refractivity contribution in [2.24, 2.45) is 5.92 Å². The normalized spacial score (nSPS) is 13.2. The van der Waals surface area contributed by atoms with Crippen LogP contribution in [0.2, 0.25) is 0 Å². The van der Waals surface area contributed by atoms with Crippen LogP contribution >= 0.6 is 0 Å². The third-order valence-corrected chi connectivity index (χ3v) is 2.94. The highest BCUT2D eigenvalue weighted by Gasteiger charge is 2.16. The average Bonchev–Trinajstić information content (AvgIpc) is 2.84. The van der Waals surface area contributed by atoms with E-state index in [1.807, 2.05) is 11.6 Å². The maximum Gasteiger partial charge on any atom is 0.174 e. The van der Waals surface area contributed by atoms with Gasteiger partial charge in [0.1, 0.15) is 11.9 Å². The van der Waals surface area contributed by atoms with E-state index in [2.05, 4.69) is 54.0 Å². The van der Waals surface area contributed by atoms with Gasteiger partial charge in [-0.05, 0) is 32.8 Å². The second-order valence-corrected chi connectivity index (χ2v) is 5.29. The van der Waals surface area contributed by atoms with E-state index in [1.54, 1.807) is 0 Å². The fourth-order valence-electron chi connectivity index (χ4n) is 2.12. The number of rotatable bonds is 4. The van der Waals surface area contributed by atoms with Gasteiger partial charge in [-0.25, -0.2) is 4.98 Å². The summed E-state index contributed by atoms with van der Waals surface area (Å²) in [4.78, 5) is 4.55. The molecular weight excluding hydrogens is 226 g/mol. The molecule has 0 bridgehead atoms. The minimum Gasteiger partial charge on any atom is -0.263 e. The van der Waals surface area contributed by atoms with Gasteiger partial charge in [0.25, 0.3) is 0 Å². The van der Waals surface area contributed by atoms with Gasteiger partial charge in [0.15, 0.2) is 5.82 Å². The van der Waals surface area contributed by atoms with Crippen LogP contribution in [0.15, 0.2) is 6.07 Å². The van der Waals surface area contributed by atoms with Crippen molar-refractivity contribution >= 4 is 0 Å². The van der Waals surface area contributed by atoms with Crippen molar-refractivity contribution in [2.75, 3.05) is 0 Å². The number of hydrogen-bond acceptors (Lipinski definition) is 3. The Morgan fingerprint density at radius 1 is 1.28 bits per heavy atom. The molecule has 18 heavy (non-hydrogen) atoms. The Balaban J connectivity index is 2.21. The van der Waals surface area contributed by atoms with Crippen molar-refractivity contribution in [1.82, 2.24) is 25.0 Å². The van der Waals surface area contributed by atoms with Crippen LogP contribution in [0.3, 0.4) is 0 Å². The molecule has 0 fully saturated rings. The number of aryl methyl sites for hydroxylation is 2. The quantitative estimate of drug-likeness (QED) is 0.902. The van der Waals surface area contributed by atoms with E-state index < -0.39 is 0 Å². The van der Waals surface area contributed by atoms with Crippen molar-refractivity contribution in [3.63, 3.8) is 0 Å². The summed E-state index contributed by atoms with van der Waals surface area (Å²) in [6.45, 7) is 10.5. The first-order valence-corrected chi connectivity index (χ1v) is 6.41. The number of H-pyrrole nitrogens is 1. The zero-order valence-electron chi connectivity index (χ0n) is 11.7. The highest BCUT2D eigenvalue weighted by molar-refractivity contribution is 5.10. The lowest BCUT2D eigenvalue weighted by Crippen LogP contribution is -2.12. The van der Waals surface area contributed by atoms with Gasteiger partial charge in [-0.2, -0.15) is 10.2 Å². The summed E-state index contributed by atoms with van der Waals surface area (Å²) in [6.07, 6.45) is 0.927. The number of nitrogens with one attached hydrogen (secondary N) is 1. The molecule has 0 radical (unpaired) electrons. The van der Waals surface area contributed by atoms with Gasteiger partial charge in [-0.15, -0.1) is 0 Å². The van der Waals surface area contributed by atoms with Crippen LogP contribution in [-0.2, 0) is 6.42 Å². The Bertz CT molecular complexity index is 523. The number of aromatic amines is 1. The molecule has 0 amide bonds. The van der Waals surface area contributed by atoms with Gasteiger partial charge in [0.2, 0.25) is 0 Å². The fourth-order valence-corrected chi connectivity index (χ4v) is 2.12. The lowest BCUT2D eigenvalue weighted by Gasteiger charge is -2.10. The molecule has 0 saturated heterocycles. The second-order valence-electron chi connectivity index (χ2n) is 5.29. The van der Waals surface area contributed by atoms with Crippen molar-refractivity contribution in [2.45, 2.75) is 47.1 Å². The van der Waals surface area contributed by atoms with E-state index in [9.17, 15) is 0 Å². The lowest BCUT2D eigenvalue weighted by atomic mass is 10.1. The molecule has 0 saturated carbocycles. The summed E-state index contributed by atoms with van der Waals surface area (Å²) < 4.78 is 1.97. The Morgan fingerprint density at radius 2 is 2.00 bits per heavy atom. The Kier molecular flexibility index (Phi) is 3.50. The van der Waals surface area contributed by atoms with Gasteiger partial charge in [0, 0.05) is 12.1 Å². The van der Waals surface area contributed by atoms with E-state index in [-0.39, 0.29) is 6.04 Å². The van der Waals surface area contributed by atoms with Crippen molar-refractivity contribution in [3.05, 3.63) is 29.1 Å². The minimum absolute atomic E-state index is 0.0656. The molecular formula is C13H21N5. The Morgan fingerprint density at radius 3 is 2.56 bits per heavy atom. The van der Waals surface area contributed by atoms with E-state index >= 15 is 0 Å². The van der Waals surface area contributed by atoms with Crippen LogP contribution in [0.4, 0.5) is 0 Å². The SMILES string of the molecule is Cc1cc(C)n(C(C)c2n[nH]c(CC(C)C)n2)n1. The first kappa shape index (κ1) is 12.8. The summed E-state index contributed by atoms with van der Waals surface area (Å²) >= 11 is 0. The van der Waals surface area contributed by atoms with Crippen molar-refractivity contribution in [1.29, 1.82) is 0 Å². The van der Waals surface area contributed by atoms with E-state index in [4.69, 9.17) is 0 Å². The summed E-state index contributed by atoms with van der Waals surface area (Å²) in [5.41, 5.74) is 2.16. The highest BCUT2D eigenvalue weighted by atomic mass is 15.3. The zero-order valence-corrected chi connectivity index (χ0v) is 11.7. The molecule has 2 heterocycles. The van der Waals surface area contributed by atoms with Crippen LogP contribution in [0, 0.1) is 19.8 Å². The largest absolute Gasteiger partial charge is 0.263 e. The van der Waals surface area contributed by atoms with Crippen molar-refractivity contribution < 1.29 is 0 Å². The molecule has 2 aromatic heterocycles. The predicted octanol–water partition coefficient (Wildman–Crippen LogP) is 2.43. The monoisotopic (exact) mass is 247 g/mol. The van der Waals surface area contributed by atoms with E-state index in [1.165, 1.54) is 0 Å². The fraction of sp³-hybridized carbons (Fsp3) is 0.615. The van der Waals surface area contributed by atoms with Crippen LogP contribution in [0.1, 0.15) is 49.8 Å². The molecule has 0 aliphatic rings. The Labute approximate surface area is 108 Å².